The monoisotopic (exact) mass is 258 g/mol. The van der Waals surface area contributed by atoms with Crippen molar-refractivity contribution in [3.05, 3.63) is 40.8 Å². The third kappa shape index (κ3) is 2.52. The largest absolute Gasteiger partial charge is 0.481 e. The maximum atomic E-state index is 11.0. The van der Waals surface area contributed by atoms with Gasteiger partial charge in [-0.1, -0.05) is 23.8 Å². The number of imidazole rings is 1. The van der Waals surface area contributed by atoms with E-state index in [9.17, 15) is 4.79 Å². The number of carbonyl (C=O) groups is 1. The van der Waals surface area contributed by atoms with E-state index in [0.29, 0.717) is 5.82 Å². The number of rotatable bonds is 3. The minimum atomic E-state index is -0.874. The second-order valence-corrected chi connectivity index (χ2v) is 4.97. The first-order chi connectivity index (χ1) is 8.90. The molecule has 1 aromatic heterocycles. The molecule has 0 fully saturated rings. The van der Waals surface area contributed by atoms with Crippen LogP contribution in [0.2, 0.25) is 0 Å². The summed E-state index contributed by atoms with van der Waals surface area (Å²) in [6.45, 7) is 7.63. The van der Waals surface area contributed by atoms with E-state index in [2.05, 4.69) is 16.0 Å². The van der Waals surface area contributed by atoms with Crippen LogP contribution >= 0.6 is 0 Å². The first-order valence-corrected chi connectivity index (χ1v) is 6.27. The number of carboxylic acid groups (broad SMARTS) is 1. The fourth-order valence-corrected chi connectivity index (χ4v) is 2.15. The molecule has 2 N–H and O–H groups in total. The zero-order chi connectivity index (χ0) is 14.2. The Morgan fingerprint density at radius 3 is 2.58 bits per heavy atom. The van der Waals surface area contributed by atoms with Crippen molar-refractivity contribution >= 4 is 5.97 Å². The fourth-order valence-electron chi connectivity index (χ4n) is 2.15. The molecule has 1 aromatic carbocycles. The first-order valence-electron chi connectivity index (χ1n) is 6.27. The molecule has 2 rings (SSSR count). The standard InChI is InChI=1S/C15H18N2O2/c1-8-5-6-12(9(2)7-8)13-11(4)16-14(17-13)10(3)15(18)19/h5-7,10H,1-4H3,(H,16,17)(H,18,19). The number of nitrogens with one attached hydrogen (secondary N) is 1. The Morgan fingerprint density at radius 2 is 2.00 bits per heavy atom. The molecule has 1 heterocycles. The quantitative estimate of drug-likeness (QED) is 0.888. The number of benzene rings is 1. The summed E-state index contributed by atoms with van der Waals surface area (Å²) in [5.41, 5.74) is 5.12. The lowest BCUT2D eigenvalue weighted by Crippen LogP contribution is -2.09. The van der Waals surface area contributed by atoms with Crippen molar-refractivity contribution in [3.63, 3.8) is 0 Å². The van der Waals surface area contributed by atoms with Crippen LogP contribution in [0.5, 0.6) is 0 Å². The Hall–Kier alpha value is -2.10. The smallest absolute Gasteiger partial charge is 0.313 e. The topological polar surface area (TPSA) is 66.0 Å². The maximum Gasteiger partial charge on any atom is 0.313 e. The number of hydrogen-bond donors (Lipinski definition) is 2. The van der Waals surface area contributed by atoms with Crippen molar-refractivity contribution in [3.8, 4) is 11.3 Å². The first kappa shape index (κ1) is 13.3. The van der Waals surface area contributed by atoms with Gasteiger partial charge in [0, 0.05) is 11.3 Å². The molecule has 4 nitrogen and oxygen atoms in total. The number of aryl methyl sites for hydroxylation is 3. The van der Waals surface area contributed by atoms with Crippen LogP contribution in [-0.4, -0.2) is 21.0 Å². The van der Waals surface area contributed by atoms with E-state index in [1.165, 1.54) is 5.56 Å². The van der Waals surface area contributed by atoms with E-state index < -0.39 is 11.9 Å². The minimum Gasteiger partial charge on any atom is -0.481 e. The molecular formula is C15H18N2O2. The van der Waals surface area contributed by atoms with Crippen molar-refractivity contribution in [1.82, 2.24) is 9.97 Å². The Labute approximate surface area is 112 Å². The highest BCUT2D eigenvalue weighted by Crippen LogP contribution is 2.27. The molecule has 0 aliphatic heterocycles. The molecule has 0 aliphatic rings. The Kier molecular flexibility index (Phi) is 3.42. The predicted molar refractivity (Wildman–Crippen MR) is 74.3 cm³/mol. The van der Waals surface area contributed by atoms with E-state index in [-0.39, 0.29) is 0 Å². The van der Waals surface area contributed by atoms with Gasteiger partial charge < -0.3 is 10.1 Å². The Bertz CT molecular complexity index is 629. The number of aliphatic carboxylic acids is 1. The molecule has 0 radical (unpaired) electrons. The van der Waals surface area contributed by atoms with Crippen molar-refractivity contribution in [2.24, 2.45) is 0 Å². The van der Waals surface area contributed by atoms with Gasteiger partial charge in [-0.05, 0) is 33.3 Å². The highest BCUT2D eigenvalue weighted by Gasteiger charge is 2.20. The van der Waals surface area contributed by atoms with Crippen LogP contribution in [0, 0.1) is 20.8 Å². The second kappa shape index (κ2) is 4.88. The molecule has 19 heavy (non-hydrogen) atoms. The molecule has 0 spiro atoms. The van der Waals surface area contributed by atoms with Crippen LogP contribution in [-0.2, 0) is 4.79 Å². The van der Waals surface area contributed by atoms with Gasteiger partial charge in [0.25, 0.3) is 0 Å². The maximum absolute atomic E-state index is 11.0. The summed E-state index contributed by atoms with van der Waals surface area (Å²) < 4.78 is 0. The molecule has 0 saturated heterocycles. The molecule has 0 aliphatic carbocycles. The highest BCUT2D eigenvalue weighted by atomic mass is 16.4. The highest BCUT2D eigenvalue weighted by molar-refractivity contribution is 5.75. The number of nitrogens with zero attached hydrogens (tertiary/aromatic N) is 1. The lowest BCUT2D eigenvalue weighted by molar-refractivity contribution is -0.138. The predicted octanol–water partition coefficient (Wildman–Crippen LogP) is 3.19. The summed E-state index contributed by atoms with van der Waals surface area (Å²) in [7, 11) is 0. The molecule has 1 atom stereocenters. The van der Waals surface area contributed by atoms with Gasteiger partial charge in [-0.15, -0.1) is 0 Å². The van der Waals surface area contributed by atoms with Gasteiger partial charge in [-0.25, -0.2) is 4.98 Å². The zero-order valence-electron chi connectivity index (χ0n) is 11.6. The normalized spacial score (nSPS) is 12.4. The van der Waals surface area contributed by atoms with Crippen molar-refractivity contribution in [1.29, 1.82) is 0 Å². The number of H-pyrrole nitrogens is 1. The lowest BCUT2D eigenvalue weighted by atomic mass is 10.0. The molecule has 100 valence electrons. The average molecular weight is 258 g/mol. The van der Waals surface area contributed by atoms with Crippen molar-refractivity contribution in [2.75, 3.05) is 0 Å². The molecule has 0 bridgehead atoms. The molecule has 0 saturated carbocycles. The number of aromatic nitrogens is 2. The van der Waals surface area contributed by atoms with Gasteiger partial charge in [0.05, 0.1) is 5.69 Å². The number of aromatic amines is 1. The zero-order valence-corrected chi connectivity index (χ0v) is 11.6. The van der Waals surface area contributed by atoms with Gasteiger partial charge in [0.1, 0.15) is 11.7 Å². The minimum absolute atomic E-state index is 0.500. The van der Waals surface area contributed by atoms with Gasteiger partial charge in [0.15, 0.2) is 0 Å². The van der Waals surface area contributed by atoms with Crippen LogP contribution in [0.3, 0.4) is 0 Å². The van der Waals surface area contributed by atoms with Crippen molar-refractivity contribution < 1.29 is 9.90 Å². The SMILES string of the molecule is Cc1ccc(-c2nc(C(C)C(=O)O)[nH]c2C)c(C)c1. The van der Waals surface area contributed by atoms with E-state index in [1.807, 2.05) is 32.9 Å². The second-order valence-electron chi connectivity index (χ2n) is 4.97. The number of hydrogen-bond acceptors (Lipinski definition) is 2. The third-order valence-corrected chi connectivity index (χ3v) is 3.32. The fraction of sp³-hybridized carbons (Fsp3) is 0.333. The van der Waals surface area contributed by atoms with Gasteiger partial charge in [-0.3, -0.25) is 4.79 Å². The summed E-state index contributed by atoms with van der Waals surface area (Å²) >= 11 is 0. The number of carboxylic acids is 1. The molecule has 4 heteroatoms. The van der Waals surface area contributed by atoms with E-state index in [4.69, 9.17) is 5.11 Å². The van der Waals surface area contributed by atoms with Gasteiger partial charge in [0.2, 0.25) is 0 Å². The molecule has 1 unspecified atom stereocenters. The summed E-state index contributed by atoms with van der Waals surface area (Å²) in [4.78, 5) is 18.5. The summed E-state index contributed by atoms with van der Waals surface area (Å²) in [6, 6.07) is 6.17. The van der Waals surface area contributed by atoms with Crippen LogP contribution in [0.25, 0.3) is 11.3 Å². The van der Waals surface area contributed by atoms with Crippen LogP contribution in [0.1, 0.15) is 35.5 Å². The molecular weight excluding hydrogens is 240 g/mol. The molecule has 2 aromatic rings. The van der Waals surface area contributed by atoms with Crippen LogP contribution in [0.15, 0.2) is 18.2 Å². The van der Waals surface area contributed by atoms with Gasteiger partial charge in [-0.2, -0.15) is 0 Å². The summed E-state index contributed by atoms with van der Waals surface area (Å²) in [5, 5.41) is 9.04. The lowest BCUT2D eigenvalue weighted by Gasteiger charge is -2.05. The van der Waals surface area contributed by atoms with E-state index in [1.54, 1.807) is 6.92 Å². The van der Waals surface area contributed by atoms with Crippen LogP contribution in [0.4, 0.5) is 0 Å². The Balaban J connectivity index is 2.49. The van der Waals surface area contributed by atoms with Gasteiger partial charge >= 0.3 is 5.97 Å². The van der Waals surface area contributed by atoms with E-state index >= 15 is 0 Å². The third-order valence-electron chi connectivity index (χ3n) is 3.32. The van der Waals surface area contributed by atoms with Crippen LogP contribution < -0.4 is 0 Å². The molecule has 0 amide bonds. The summed E-state index contributed by atoms with van der Waals surface area (Å²) in [5.74, 6) is -1.00. The van der Waals surface area contributed by atoms with Crippen molar-refractivity contribution in [2.45, 2.75) is 33.6 Å². The average Bonchev–Trinajstić information content (AvgIpc) is 2.70. The summed E-state index contributed by atoms with van der Waals surface area (Å²) in [6.07, 6.45) is 0. The Morgan fingerprint density at radius 1 is 1.32 bits per heavy atom. The van der Waals surface area contributed by atoms with E-state index in [0.717, 1.165) is 22.5 Å².